The van der Waals surface area contributed by atoms with E-state index in [0.29, 0.717) is 36.6 Å². The minimum atomic E-state index is -0.723. The smallest absolute Gasteiger partial charge is 0.295 e. The number of ketones is 1. The predicted molar refractivity (Wildman–Crippen MR) is 110 cm³/mol. The topological polar surface area (TPSA) is 89.0 Å². The lowest BCUT2D eigenvalue weighted by molar-refractivity contribution is -0.140. The number of rotatable bonds is 6. The average molecular weight is 408 g/mol. The molecule has 2 aliphatic rings. The Morgan fingerprint density at radius 3 is 2.87 bits per heavy atom. The van der Waals surface area contributed by atoms with Crippen LogP contribution in [0.1, 0.15) is 36.9 Å². The molecule has 7 heteroatoms. The van der Waals surface area contributed by atoms with E-state index >= 15 is 0 Å². The molecule has 0 aliphatic carbocycles. The lowest BCUT2D eigenvalue weighted by atomic mass is 9.96. The largest absolute Gasteiger partial charge is 0.507 e. The number of aromatic nitrogens is 1. The van der Waals surface area contributed by atoms with Gasteiger partial charge in [0.25, 0.3) is 11.7 Å². The first kappa shape index (κ1) is 20.1. The Kier molecular flexibility index (Phi) is 5.81. The summed E-state index contributed by atoms with van der Waals surface area (Å²) in [5, 5.41) is 11.1. The van der Waals surface area contributed by atoms with Gasteiger partial charge in [-0.3, -0.25) is 14.6 Å². The van der Waals surface area contributed by atoms with Gasteiger partial charge in [0.2, 0.25) is 0 Å². The van der Waals surface area contributed by atoms with Crippen molar-refractivity contribution < 1.29 is 24.2 Å². The molecule has 2 aromatic rings. The molecule has 4 rings (SSSR count). The Labute approximate surface area is 174 Å². The fourth-order valence-electron chi connectivity index (χ4n) is 4.02. The van der Waals surface area contributed by atoms with Crippen molar-refractivity contribution in [2.24, 2.45) is 0 Å². The second-order valence-corrected chi connectivity index (χ2v) is 7.33. The van der Waals surface area contributed by atoms with Gasteiger partial charge >= 0.3 is 0 Å². The molecule has 1 amide bonds. The molecule has 2 atom stereocenters. The number of Topliss-reactive ketones (excluding diaryl/α,β-unsaturated/α-hetero) is 1. The summed E-state index contributed by atoms with van der Waals surface area (Å²) in [6.45, 7) is 3.29. The maximum absolute atomic E-state index is 13.0. The van der Waals surface area contributed by atoms with Crippen molar-refractivity contribution >= 4 is 17.4 Å². The zero-order valence-electron chi connectivity index (χ0n) is 16.8. The highest BCUT2D eigenvalue weighted by molar-refractivity contribution is 6.46. The standard InChI is InChI=1S/C23H24N2O5/c1-2-29-17-8-3-6-15(12-17)21(26)19-20(16-7-4-10-24-13-16)25(23(28)22(19)27)14-18-9-5-11-30-18/h3-4,6-8,10,12-13,18,20,26H,2,5,9,11,14H2,1H3/b21-19-. The molecule has 2 saturated heterocycles. The van der Waals surface area contributed by atoms with Crippen molar-refractivity contribution in [1.29, 1.82) is 0 Å². The van der Waals surface area contributed by atoms with Crippen molar-refractivity contribution in [3.05, 3.63) is 65.5 Å². The highest BCUT2D eigenvalue weighted by atomic mass is 16.5. The first-order valence-electron chi connectivity index (χ1n) is 10.1. The first-order valence-corrected chi connectivity index (χ1v) is 10.1. The fraction of sp³-hybridized carbons (Fsp3) is 0.348. The van der Waals surface area contributed by atoms with Crippen LogP contribution < -0.4 is 4.74 Å². The monoisotopic (exact) mass is 408 g/mol. The highest BCUT2D eigenvalue weighted by Gasteiger charge is 2.47. The number of aliphatic hydroxyl groups excluding tert-OH is 1. The van der Waals surface area contributed by atoms with E-state index < -0.39 is 17.7 Å². The molecule has 1 aromatic heterocycles. The Balaban J connectivity index is 1.79. The van der Waals surface area contributed by atoms with Crippen LogP contribution in [0.3, 0.4) is 0 Å². The van der Waals surface area contributed by atoms with Crippen LogP contribution in [-0.2, 0) is 14.3 Å². The summed E-state index contributed by atoms with van der Waals surface area (Å²) in [6, 6.07) is 9.68. The first-order chi connectivity index (χ1) is 14.6. The third kappa shape index (κ3) is 3.80. The SMILES string of the molecule is CCOc1cccc(/C(O)=C2/C(=O)C(=O)N(CC3CCCO3)C2c2cccnc2)c1. The third-order valence-corrected chi connectivity index (χ3v) is 5.38. The summed E-state index contributed by atoms with van der Waals surface area (Å²) in [4.78, 5) is 31.6. The molecular weight excluding hydrogens is 384 g/mol. The fourth-order valence-corrected chi connectivity index (χ4v) is 4.02. The van der Waals surface area contributed by atoms with Crippen LogP contribution in [0.15, 0.2) is 54.4 Å². The molecule has 156 valence electrons. The van der Waals surface area contributed by atoms with Gasteiger partial charge in [-0.2, -0.15) is 0 Å². The van der Waals surface area contributed by atoms with E-state index in [0.717, 1.165) is 12.8 Å². The molecule has 1 N–H and O–H groups in total. The van der Waals surface area contributed by atoms with Gasteiger partial charge in [-0.05, 0) is 43.5 Å². The molecule has 0 saturated carbocycles. The Morgan fingerprint density at radius 2 is 2.17 bits per heavy atom. The van der Waals surface area contributed by atoms with Crippen molar-refractivity contribution in [3.8, 4) is 5.75 Å². The zero-order chi connectivity index (χ0) is 21.1. The molecule has 1 aromatic carbocycles. The van der Waals surface area contributed by atoms with Gasteiger partial charge in [0, 0.05) is 31.1 Å². The number of likely N-dealkylation sites (tertiary alicyclic amines) is 1. The average Bonchev–Trinajstić information content (AvgIpc) is 3.37. The molecule has 2 unspecified atom stereocenters. The normalized spacial score (nSPS) is 23.2. The maximum atomic E-state index is 13.0. The second-order valence-electron chi connectivity index (χ2n) is 7.33. The number of nitrogens with zero attached hydrogens (tertiary/aromatic N) is 2. The number of hydrogen-bond donors (Lipinski definition) is 1. The van der Waals surface area contributed by atoms with E-state index in [1.54, 1.807) is 48.8 Å². The molecular formula is C23H24N2O5. The number of aliphatic hydroxyl groups is 1. The predicted octanol–water partition coefficient (Wildman–Crippen LogP) is 3.08. The van der Waals surface area contributed by atoms with Crippen molar-refractivity contribution in [1.82, 2.24) is 9.88 Å². The van der Waals surface area contributed by atoms with E-state index in [2.05, 4.69) is 4.98 Å². The summed E-state index contributed by atoms with van der Waals surface area (Å²) >= 11 is 0. The van der Waals surface area contributed by atoms with E-state index in [1.807, 2.05) is 6.92 Å². The van der Waals surface area contributed by atoms with Gasteiger partial charge in [0.15, 0.2) is 0 Å². The summed E-state index contributed by atoms with van der Waals surface area (Å²) in [6.07, 6.45) is 4.88. The number of ether oxygens (including phenoxy) is 2. The molecule has 0 spiro atoms. The molecule has 0 bridgehead atoms. The quantitative estimate of drug-likeness (QED) is 0.449. The third-order valence-electron chi connectivity index (χ3n) is 5.38. The summed E-state index contributed by atoms with van der Waals surface area (Å²) < 4.78 is 11.2. The zero-order valence-corrected chi connectivity index (χ0v) is 16.8. The summed E-state index contributed by atoms with van der Waals surface area (Å²) in [5.74, 6) is -0.991. The van der Waals surface area contributed by atoms with Gasteiger partial charge < -0.3 is 19.5 Å². The number of carbonyl (C=O) groups is 2. The molecule has 2 aliphatic heterocycles. The molecule has 0 radical (unpaired) electrons. The van der Waals surface area contributed by atoms with Crippen LogP contribution >= 0.6 is 0 Å². The number of benzene rings is 1. The molecule has 7 nitrogen and oxygen atoms in total. The van der Waals surface area contributed by atoms with Crippen molar-refractivity contribution in [2.75, 3.05) is 19.8 Å². The van der Waals surface area contributed by atoms with Gasteiger partial charge in [-0.25, -0.2) is 0 Å². The number of pyridine rings is 1. The van der Waals surface area contributed by atoms with Crippen LogP contribution in [0.4, 0.5) is 0 Å². The lowest BCUT2D eigenvalue weighted by Gasteiger charge is -2.27. The second kappa shape index (κ2) is 8.67. The van der Waals surface area contributed by atoms with Gasteiger partial charge in [-0.15, -0.1) is 0 Å². The van der Waals surface area contributed by atoms with E-state index in [1.165, 1.54) is 4.90 Å². The maximum Gasteiger partial charge on any atom is 0.295 e. The van der Waals surface area contributed by atoms with Crippen molar-refractivity contribution in [2.45, 2.75) is 31.9 Å². The molecule has 2 fully saturated rings. The summed E-state index contributed by atoms with van der Waals surface area (Å²) in [5.41, 5.74) is 1.14. The van der Waals surface area contributed by atoms with E-state index in [9.17, 15) is 14.7 Å². The van der Waals surface area contributed by atoms with Gasteiger partial charge in [0.1, 0.15) is 11.5 Å². The highest BCUT2D eigenvalue weighted by Crippen LogP contribution is 2.40. The van der Waals surface area contributed by atoms with Gasteiger partial charge in [-0.1, -0.05) is 18.2 Å². The summed E-state index contributed by atoms with van der Waals surface area (Å²) in [7, 11) is 0. The minimum Gasteiger partial charge on any atom is -0.507 e. The number of hydrogen-bond acceptors (Lipinski definition) is 6. The van der Waals surface area contributed by atoms with Crippen LogP contribution in [0.25, 0.3) is 5.76 Å². The minimum absolute atomic E-state index is 0.0552. The van der Waals surface area contributed by atoms with Crippen LogP contribution in [0.5, 0.6) is 5.75 Å². The Bertz CT molecular complexity index is 967. The van der Waals surface area contributed by atoms with E-state index in [4.69, 9.17) is 9.47 Å². The Morgan fingerprint density at radius 1 is 1.30 bits per heavy atom. The van der Waals surface area contributed by atoms with Crippen LogP contribution in [-0.4, -0.2) is 52.5 Å². The molecule has 3 heterocycles. The Hall–Kier alpha value is -3.19. The lowest BCUT2D eigenvalue weighted by Crippen LogP contribution is -2.36. The number of amides is 1. The number of carbonyl (C=O) groups excluding carboxylic acids is 2. The molecule has 30 heavy (non-hydrogen) atoms. The van der Waals surface area contributed by atoms with Crippen molar-refractivity contribution in [3.63, 3.8) is 0 Å². The van der Waals surface area contributed by atoms with Crippen LogP contribution in [0, 0.1) is 0 Å². The van der Waals surface area contributed by atoms with Crippen LogP contribution in [0.2, 0.25) is 0 Å². The van der Waals surface area contributed by atoms with E-state index in [-0.39, 0.29) is 17.4 Å². The van der Waals surface area contributed by atoms with Gasteiger partial charge in [0.05, 0.1) is 24.3 Å².